The molecule has 2 saturated heterocycles. The van der Waals surface area contributed by atoms with Crippen LogP contribution in [0.3, 0.4) is 0 Å². The van der Waals surface area contributed by atoms with Crippen molar-refractivity contribution in [2.24, 2.45) is 0 Å². The number of nitrogen functional groups attached to an aromatic ring is 1. The van der Waals surface area contributed by atoms with Crippen molar-refractivity contribution in [2.45, 2.75) is 44.3 Å². The van der Waals surface area contributed by atoms with Crippen LogP contribution < -0.4 is 15.8 Å². The molecule has 208 valence electrons. The van der Waals surface area contributed by atoms with Gasteiger partial charge in [-0.1, -0.05) is 18.2 Å². The van der Waals surface area contributed by atoms with Crippen LogP contribution in [0.25, 0.3) is 22.3 Å². The number of hydrogen-bond acceptors (Lipinski definition) is 8. The molecular weight excluding hydrogens is 523 g/mol. The molecule has 0 aliphatic carbocycles. The Morgan fingerprint density at radius 3 is 2.78 bits per heavy atom. The van der Waals surface area contributed by atoms with Crippen LogP contribution in [0.15, 0.2) is 66.5 Å². The number of nitrogens with zero attached hydrogens (tertiary/aromatic N) is 6. The van der Waals surface area contributed by atoms with Crippen LogP contribution in [-0.2, 0) is 11.3 Å². The summed E-state index contributed by atoms with van der Waals surface area (Å²) in [7, 11) is 0. The molecule has 3 N–H and O–H groups in total. The van der Waals surface area contributed by atoms with E-state index in [1.54, 1.807) is 39.9 Å². The number of para-hydroxylation sites is 1. The molecule has 2 atom stereocenters. The third kappa shape index (κ3) is 5.34. The highest BCUT2D eigenvalue weighted by molar-refractivity contribution is 5.99. The van der Waals surface area contributed by atoms with Crippen LogP contribution in [0, 0.1) is 17.1 Å². The molecule has 0 bridgehead atoms. The van der Waals surface area contributed by atoms with Crippen molar-refractivity contribution in [3.63, 3.8) is 0 Å². The van der Waals surface area contributed by atoms with E-state index in [1.807, 2.05) is 18.2 Å². The van der Waals surface area contributed by atoms with E-state index < -0.39 is 5.82 Å². The van der Waals surface area contributed by atoms with E-state index in [-0.39, 0.29) is 34.9 Å². The molecule has 6 rings (SSSR count). The number of benzene rings is 2. The molecule has 10 nitrogen and oxygen atoms in total. The maximum atomic E-state index is 15.5. The van der Waals surface area contributed by atoms with E-state index in [0.717, 1.165) is 32.2 Å². The fourth-order valence-corrected chi connectivity index (χ4v) is 5.58. The zero-order valence-electron chi connectivity index (χ0n) is 22.3. The van der Waals surface area contributed by atoms with Gasteiger partial charge in [0.1, 0.15) is 46.8 Å². The predicted octanol–water partition coefficient (Wildman–Crippen LogP) is 4.20. The van der Waals surface area contributed by atoms with Crippen molar-refractivity contribution in [3.05, 3.63) is 72.3 Å². The lowest BCUT2D eigenvalue weighted by Crippen LogP contribution is -2.39. The molecule has 2 aliphatic heterocycles. The Labute approximate surface area is 236 Å². The van der Waals surface area contributed by atoms with Crippen molar-refractivity contribution in [2.75, 3.05) is 18.8 Å². The number of aromatic nitrogens is 4. The zero-order chi connectivity index (χ0) is 28.3. The number of likely N-dealkylation sites (tertiary alicyclic amines) is 1. The Hall–Kier alpha value is -4.82. The van der Waals surface area contributed by atoms with Gasteiger partial charge < -0.3 is 20.7 Å². The topological polar surface area (TPSA) is 135 Å². The summed E-state index contributed by atoms with van der Waals surface area (Å²) >= 11 is 0. The molecule has 41 heavy (non-hydrogen) atoms. The first kappa shape index (κ1) is 26.4. The SMILES string of the molecule is N#CC(=C[C@H]1CCCN1)C(=O)N1CCC[C@@H]1Cn1nc(-c2ccc(Oc3ccccc3)cc2F)c2c(N)ncnc21. The number of rotatable bonds is 7. The second-order valence-corrected chi connectivity index (χ2v) is 10.2. The first-order valence-electron chi connectivity index (χ1n) is 13.7. The molecule has 2 fully saturated rings. The Bertz CT molecular complexity index is 1660. The van der Waals surface area contributed by atoms with Crippen molar-refractivity contribution >= 4 is 22.8 Å². The number of nitriles is 1. The first-order valence-corrected chi connectivity index (χ1v) is 13.7. The second kappa shape index (κ2) is 11.3. The number of hydrogen-bond donors (Lipinski definition) is 2. The van der Waals surface area contributed by atoms with E-state index >= 15 is 4.39 Å². The summed E-state index contributed by atoms with van der Waals surface area (Å²) in [4.78, 5) is 23.7. The van der Waals surface area contributed by atoms with Gasteiger partial charge in [0.2, 0.25) is 0 Å². The highest BCUT2D eigenvalue weighted by Gasteiger charge is 2.33. The number of carbonyl (C=O) groups excluding carboxylic acids is 1. The highest BCUT2D eigenvalue weighted by atomic mass is 19.1. The maximum Gasteiger partial charge on any atom is 0.264 e. The van der Waals surface area contributed by atoms with Gasteiger partial charge in [0, 0.05) is 24.2 Å². The van der Waals surface area contributed by atoms with E-state index in [0.29, 0.717) is 41.3 Å². The molecule has 0 unspecified atom stereocenters. The van der Waals surface area contributed by atoms with Gasteiger partial charge in [-0.15, -0.1) is 0 Å². The average molecular weight is 553 g/mol. The molecule has 4 heterocycles. The first-order chi connectivity index (χ1) is 20.0. The van der Waals surface area contributed by atoms with Crippen LogP contribution >= 0.6 is 0 Å². The molecule has 0 saturated carbocycles. The van der Waals surface area contributed by atoms with E-state index in [1.165, 1.54) is 12.4 Å². The number of carbonyl (C=O) groups is 1. The molecule has 1 amide bonds. The maximum absolute atomic E-state index is 15.5. The second-order valence-electron chi connectivity index (χ2n) is 10.2. The molecule has 4 aromatic rings. The lowest BCUT2D eigenvalue weighted by atomic mass is 10.1. The van der Waals surface area contributed by atoms with E-state index in [9.17, 15) is 10.1 Å². The number of ether oxygens (including phenoxy) is 1. The average Bonchev–Trinajstić information content (AvgIpc) is 3.74. The van der Waals surface area contributed by atoms with Crippen LogP contribution in [0.4, 0.5) is 10.2 Å². The third-order valence-electron chi connectivity index (χ3n) is 7.57. The van der Waals surface area contributed by atoms with Gasteiger partial charge in [-0.25, -0.2) is 19.0 Å². The number of amides is 1. The van der Waals surface area contributed by atoms with Gasteiger partial charge in [-0.3, -0.25) is 4.79 Å². The lowest BCUT2D eigenvalue weighted by molar-refractivity contribution is -0.127. The summed E-state index contributed by atoms with van der Waals surface area (Å²) in [6.45, 7) is 1.74. The van der Waals surface area contributed by atoms with Gasteiger partial charge in [0.05, 0.1) is 18.0 Å². The highest BCUT2D eigenvalue weighted by Crippen LogP contribution is 2.35. The summed E-state index contributed by atoms with van der Waals surface area (Å²) in [5, 5.41) is 18.2. The minimum absolute atomic E-state index is 0.0336. The normalized spacial score (nSPS) is 19.0. The van der Waals surface area contributed by atoms with Crippen LogP contribution in [0.2, 0.25) is 0 Å². The minimum Gasteiger partial charge on any atom is -0.457 e. The van der Waals surface area contributed by atoms with Gasteiger partial charge >= 0.3 is 0 Å². The van der Waals surface area contributed by atoms with Gasteiger partial charge in [-0.05, 0) is 62.6 Å². The molecule has 2 aromatic heterocycles. The fourth-order valence-electron chi connectivity index (χ4n) is 5.58. The van der Waals surface area contributed by atoms with Crippen LogP contribution in [0.1, 0.15) is 25.7 Å². The van der Waals surface area contributed by atoms with Crippen LogP contribution in [0.5, 0.6) is 11.5 Å². The van der Waals surface area contributed by atoms with Crippen molar-refractivity contribution in [1.29, 1.82) is 5.26 Å². The smallest absolute Gasteiger partial charge is 0.264 e. The summed E-state index contributed by atoms with van der Waals surface area (Å²) in [6.07, 6.45) is 6.55. The Balaban J connectivity index is 1.30. The zero-order valence-corrected chi connectivity index (χ0v) is 22.3. The molecule has 0 radical (unpaired) electrons. The van der Waals surface area contributed by atoms with E-state index in [4.69, 9.17) is 15.6 Å². The lowest BCUT2D eigenvalue weighted by Gasteiger charge is -2.24. The molecule has 0 spiro atoms. The number of nitrogens with two attached hydrogens (primary N) is 1. The largest absolute Gasteiger partial charge is 0.457 e. The van der Waals surface area contributed by atoms with Crippen molar-refractivity contribution in [3.8, 4) is 28.8 Å². The summed E-state index contributed by atoms with van der Waals surface area (Å²) in [6, 6.07) is 15.6. The number of halogens is 1. The Morgan fingerprint density at radius 1 is 1.17 bits per heavy atom. The summed E-state index contributed by atoms with van der Waals surface area (Å²) in [5.41, 5.74) is 7.38. The van der Waals surface area contributed by atoms with Gasteiger partial charge in [-0.2, -0.15) is 10.4 Å². The number of fused-ring (bicyclic) bond motifs is 1. The minimum atomic E-state index is -0.532. The van der Waals surface area contributed by atoms with Gasteiger partial charge in [0.25, 0.3) is 5.91 Å². The predicted molar refractivity (Wildman–Crippen MR) is 151 cm³/mol. The van der Waals surface area contributed by atoms with Crippen molar-refractivity contribution < 1.29 is 13.9 Å². The van der Waals surface area contributed by atoms with Crippen LogP contribution in [-0.4, -0.2) is 55.7 Å². The fraction of sp³-hybridized carbons (Fsp3) is 0.300. The van der Waals surface area contributed by atoms with Crippen molar-refractivity contribution in [1.82, 2.24) is 30.0 Å². The summed E-state index contributed by atoms with van der Waals surface area (Å²) in [5.74, 6) is 0.305. The monoisotopic (exact) mass is 552 g/mol. The van der Waals surface area contributed by atoms with Gasteiger partial charge in [0.15, 0.2) is 5.65 Å². The quantitative estimate of drug-likeness (QED) is 0.257. The Kier molecular flexibility index (Phi) is 7.31. The number of anilines is 1. The molecule has 2 aliphatic rings. The molecule has 2 aromatic carbocycles. The summed E-state index contributed by atoms with van der Waals surface area (Å²) < 4.78 is 22.9. The standard InChI is InChI=1S/C30H29FN8O2/c31-25-15-23(41-22-8-2-1-3-9-22)10-11-24(25)27-26-28(33)35-18-36-29(26)39(37-27)17-21-7-5-13-38(21)30(40)19(16-32)14-20-6-4-12-34-20/h1-3,8-11,14-15,18,20-21,34H,4-7,12-13,17H2,(H2,33,35,36)/t20-,21-/m1/s1. The van der Waals surface area contributed by atoms with E-state index in [2.05, 4.69) is 21.4 Å². The third-order valence-corrected chi connectivity index (χ3v) is 7.57. The number of nitrogens with one attached hydrogen (secondary N) is 1. The molecule has 11 heteroatoms. The Morgan fingerprint density at radius 2 is 2.02 bits per heavy atom. The molecular formula is C30H29FN8O2.